The minimum absolute atomic E-state index is 0.0510. The van der Waals surface area contributed by atoms with E-state index in [4.69, 9.17) is 9.15 Å². The largest absolute Gasteiger partial charge is 0.508 e. The summed E-state index contributed by atoms with van der Waals surface area (Å²) >= 11 is 0. The van der Waals surface area contributed by atoms with E-state index >= 15 is 0 Å². The lowest BCUT2D eigenvalue weighted by atomic mass is 9.92. The summed E-state index contributed by atoms with van der Waals surface area (Å²) in [6.07, 6.45) is 4.07. The van der Waals surface area contributed by atoms with Crippen LogP contribution in [0.4, 0.5) is 0 Å². The van der Waals surface area contributed by atoms with Crippen molar-refractivity contribution in [2.24, 2.45) is 0 Å². The topological polar surface area (TPSA) is 120 Å². The number of aliphatic hydroxyl groups is 1. The highest BCUT2D eigenvalue weighted by Crippen LogP contribution is 2.47. The summed E-state index contributed by atoms with van der Waals surface area (Å²) in [7, 11) is 0. The van der Waals surface area contributed by atoms with Crippen LogP contribution in [0, 0.1) is 0 Å². The quantitative estimate of drug-likeness (QED) is 0.318. The predicted molar refractivity (Wildman–Crippen MR) is 144 cm³/mol. The highest BCUT2D eigenvalue weighted by Gasteiger charge is 2.39. The average Bonchev–Trinajstić information content (AvgIpc) is 3.24. The lowest BCUT2D eigenvalue weighted by molar-refractivity contribution is -0.0232. The van der Waals surface area contributed by atoms with E-state index in [0.717, 1.165) is 11.1 Å². The Morgan fingerprint density at radius 1 is 1.03 bits per heavy atom. The summed E-state index contributed by atoms with van der Waals surface area (Å²) in [4.78, 5) is 14.0. The maximum Gasteiger partial charge on any atom is 0.200 e. The van der Waals surface area contributed by atoms with Crippen molar-refractivity contribution in [2.45, 2.75) is 72.5 Å². The molecule has 0 aliphatic carbocycles. The van der Waals surface area contributed by atoms with Crippen LogP contribution >= 0.6 is 0 Å². The lowest BCUT2D eigenvalue weighted by Crippen LogP contribution is -2.39. The van der Waals surface area contributed by atoms with Crippen molar-refractivity contribution in [3.63, 3.8) is 0 Å². The molecule has 2 heterocycles. The fourth-order valence-electron chi connectivity index (χ4n) is 4.55. The second kappa shape index (κ2) is 9.63. The molecule has 0 saturated carbocycles. The van der Waals surface area contributed by atoms with E-state index in [2.05, 4.69) is 0 Å². The molecule has 1 unspecified atom stereocenters. The molecule has 37 heavy (non-hydrogen) atoms. The minimum atomic E-state index is -1.18. The Labute approximate surface area is 216 Å². The molecule has 0 spiro atoms. The summed E-state index contributed by atoms with van der Waals surface area (Å²) in [6.45, 7) is 11.0. The molecule has 1 atom stereocenters. The van der Waals surface area contributed by atoms with E-state index in [1.54, 1.807) is 13.8 Å². The number of phenols is 3. The number of benzene rings is 2. The molecule has 4 N–H and O–H groups in total. The van der Waals surface area contributed by atoms with Gasteiger partial charge in [0.25, 0.3) is 0 Å². The summed E-state index contributed by atoms with van der Waals surface area (Å²) in [5, 5.41) is 42.5. The number of ether oxygens (including phenoxy) is 1. The van der Waals surface area contributed by atoms with E-state index in [0.29, 0.717) is 23.3 Å². The summed E-state index contributed by atoms with van der Waals surface area (Å²) in [5.74, 6) is -0.0269. The molecule has 1 aliphatic heterocycles. The van der Waals surface area contributed by atoms with E-state index in [1.807, 2.05) is 39.8 Å². The van der Waals surface area contributed by atoms with Gasteiger partial charge in [-0.25, -0.2) is 0 Å². The van der Waals surface area contributed by atoms with Crippen LogP contribution in [-0.2, 0) is 19.3 Å². The van der Waals surface area contributed by atoms with E-state index < -0.39 is 17.1 Å². The van der Waals surface area contributed by atoms with Crippen LogP contribution in [0.5, 0.6) is 23.0 Å². The Morgan fingerprint density at radius 2 is 1.65 bits per heavy atom. The zero-order chi connectivity index (χ0) is 27.2. The smallest absolute Gasteiger partial charge is 0.200 e. The third-order valence-electron chi connectivity index (χ3n) is 6.64. The molecular formula is C30H34O7. The highest BCUT2D eigenvalue weighted by molar-refractivity contribution is 5.93. The lowest BCUT2D eigenvalue weighted by Gasteiger charge is -2.25. The molecule has 4 rings (SSSR count). The summed E-state index contributed by atoms with van der Waals surface area (Å²) in [5.41, 5.74) is 2.19. The molecule has 2 aromatic carbocycles. The summed E-state index contributed by atoms with van der Waals surface area (Å²) in [6, 6.07) is 4.08. The van der Waals surface area contributed by atoms with Gasteiger partial charge in [-0.05, 0) is 66.5 Å². The van der Waals surface area contributed by atoms with Crippen LogP contribution in [0.3, 0.4) is 0 Å². The van der Waals surface area contributed by atoms with Gasteiger partial charge in [0.15, 0.2) is 0 Å². The Hall–Kier alpha value is -3.71. The van der Waals surface area contributed by atoms with Gasteiger partial charge in [-0.3, -0.25) is 4.79 Å². The van der Waals surface area contributed by atoms with Crippen LogP contribution < -0.4 is 10.2 Å². The number of hydrogen-bond acceptors (Lipinski definition) is 7. The van der Waals surface area contributed by atoms with Gasteiger partial charge in [-0.1, -0.05) is 23.3 Å². The van der Waals surface area contributed by atoms with E-state index in [9.17, 15) is 25.2 Å². The number of allylic oxidation sites excluding steroid dienone is 4. The van der Waals surface area contributed by atoms with Crippen LogP contribution in [0.2, 0.25) is 0 Å². The molecule has 3 aromatic rings. The first-order valence-electron chi connectivity index (χ1n) is 12.3. The van der Waals surface area contributed by atoms with Crippen LogP contribution in [0.1, 0.15) is 58.2 Å². The molecule has 1 aromatic heterocycles. The molecule has 0 bridgehead atoms. The standard InChI is InChI=1S/C30H34O7/c1-15(2)7-10-19-25(33)24-26(34)21-14-23(30(5,6)35)36-28(21)20(11-8-16(3)4)29(24)37-27(19)18-12-9-17(31)13-22(18)32/h7-9,12-13,23,31-32,34-35H,10-11,14H2,1-6H3. The Balaban J connectivity index is 2.13. The van der Waals surface area contributed by atoms with E-state index in [1.165, 1.54) is 18.2 Å². The molecular weight excluding hydrogens is 472 g/mol. The van der Waals surface area contributed by atoms with Crippen molar-refractivity contribution >= 4 is 11.0 Å². The maximum atomic E-state index is 14.0. The van der Waals surface area contributed by atoms with Crippen LogP contribution in [0.25, 0.3) is 22.3 Å². The van der Waals surface area contributed by atoms with E-state index in [-0.39, 0.29) is 57.9 Å². The van der Waals surface area contributed by atoms with Gasteiger partial charge in [-0.2, -0.15) is 0 Å². The van der Waals surface area contributed by atoms with Gasteiger partial charge in [-0.15, -0.1) is 0 Å². The first-order chi connectivity index (χ1) is 17.3. The number of fused-ring (bicyclic) bond motifs is 2. The van der Waals surface area contributed by atoms with Gasteiger partial charge in [0.2, 0.25) is 5.43 Å². The fraction of sp³-hybridized carbons (Fsp3) is 0.367. The molecule has 196 valence electrons. The predicted octanol–water partition coefficient (Wildman–Crippen LogP) is 5.67. The summed E-state index contributed by atoms with van der Waals surface area (Å²) < 4.78 is 12.6. The van der Waals surface area contributed by atoms with Crippen molar-refractivity contribution in [3.8, 4) is 34.3 Å². The van der Waals surface area contributed by atoms with Crippen LogP contribution in [0.15, 0.2) is 50.7 Å². The Kier molecular flexibility index (Phi) is 6.86. The molecule has 0 saturated heterocycles. The first kappa shape index (κ1) is 26.4. The fourth-order valence-corrected chi connectivity index (χ4v) is 4.55. The second-order valence-electron chi connectivity index (χ2n) is 10.7. The second-order valence-corrected chi connectivity index (χ2v) is 10.7. The van der Waals surface area contributed by atoms with Crippen LogP contribution in [-0.4, -0.2) is 32.1 Å². The van der Waals surface area contributed by atoms with Crippen molar-refractivity contribution in [2.75, 3.05) is 0 Å². The monoisotopic (exact) mass is 506 g/mol. The molecule has 0 radical (unpaired) electrons. The molecule has 0 amide bonds. The third kappa shape index (κ3) is 4.96. The first-order valence-corrected chi connectivity index (χ1v) is 12.3. The maximum absolute atomic E-state index is 14.0. The SMILES string of the molecule is CC(C)=CCc1c(-c2ccc(O)cc2O)oc2c(CC=C(C)C)c3c(c(O)c2c1=O)CC(C(C)(C)O)O3. The van der Waals surface area contributed by atoms with Gasteiger partial charge >= 0.3 is 0 Å². The van der Waals surface area contributed by atoms with Crippen molar-refractivity contribution in [3.05, 3.63) is 68.4 Å². The average molecular weight is 507 g/mol. The number of hydrogen-bond donors (Lipinski definition) is 4. The van der Waals surface area contributed by atoms with Gasteiger partial charge in [0, 0.05) is 29.2 Å². The molecule has 7 nitrogen and oxygen atoms in total. The zero-order valence-corrected chi connectivity index (χ0v) is 22.1. The van der Waals surface area contributed by atoms with Gasteiger partial charge in [0.05, 0.1) is 11.2 Å². The van der Waals surface area contributed by atoms with Gasteiger partial charge < -0.3 is 29.6 Å². The highest BCUT2D eigenvalue weighted by atomic mass is 16.5. The Bertz CT molecular complexity index is 1490. The molecule has 0 fully saturated rings. The minimum Gasteiger partial charge on any atom is -0.508 e. The molecule has 7 heteroatoms. The van der Waals surface area contributed by atoms with Crippen molar-refractivity contribution in [1.82, 2.24) is 0 Å². The third-order valence-corrected chi connectivity index (χ3v) is 6.64. The number of phenolic OH excluding ortho intramolecular Hbond substituents is 3. The Morgan fingerprint density at radius 3 is 2.22 bits per heavy atom. The van der Waals surface area contributed by atoms with Gasteiger partial charge in [0.1, 0.15) is 45.8 Å². The normalized spacial score (nSPS) is 14.8. The number of rotatable bonds is 6. The van der Waals surface area contributed by atoms with Crippen molar-refractivity contribution < 1.29 is 29.6 Å². The number of aromatic hydroxyl groups is 3. The van der Waals surface area contributed by atoms with Crippen molar-refractivity contribution in [1.29, 1.82) is 0 Å². The zero-order valence-electron chi connectivity index (χ0n) is 22.1. The molecule has 1 aliphatic rings.